The van der Waals surface area contributed by atoms with Gasteiger partial charge >= 0.3 is 0 Å². The fourth-order valence-electron chi connectivity index (χ4n) is 4.51. The van der Waals surface area contributed by atoms with Crippen molar-refractivity contribution in [2.75, 3.05) is 24.6 Å². The topological polar surface area (TPSA) is 105 Å². The van der Waals surface area contributed by atoms with Gasteiger partial charge in [-0.2, -0.15) is 0 Å². The molecule has 3 atom stereocenters. The number of halogens is 1. The predicted molar refractivity (Wildman–Crippen MR) is 142 cm³/mol. The Morgan fingerprint density at radius 3 is 2.51 bits per heavy atom. The zero-order chi connectivity index (χ0) is 25.9. The molecule has 8 nitrogen and oxygen atoms in total. The van der Waals surface area contributed by atoms with Gasteiger partial charge in [-0.1, -0.05) is 66.2 Å². The van der Waals surface area contributed by atoms with Crippen molar-refractivity contribution in [3.63, 3.8) is 0 Å². The molecule has 0 aliphatic carbocycles. The second-order valence-corrected chi connectivity index (χ2v) is 10.3. The number of thioether (sulfide) groups is 1. The number of hydrogen-bond donors (Lipinski definition) is 2. The van der Waals surface area contributed by atoms with Crippen LogP contribution in [0.5, 0.6) is 0 Å². The molecule has 3 unspecified atom stereocenters. The Morgan fingerprint density at radius 1 is 1.03 bits per heavy atom. The zero-order valence-electron chi connectivity index (χ0n) is 19.7. The molecule has 37 heavy (non-hydrogen) atoms. The van der Waals surface area contributed by atoms with Gasteiger partial charge in [-0.3, -0.25) is 19.8 Å². The fourth-order valence-corrected chi connectivity index (χ4v) is 5.74. The zero-order valence-corrected chi connectivity index (χ0v) is 21.3. The van der Waals surface area contributed by atoms with Gasteiger partial charge in [0.2, 0.25) is 5.91 Å². The summed E-state index contributed by atoms with van der Waals surface area (Å²) in [5.41, 5.74) is 10.8. The second kappa shape index (κ2) is 10.8. The van der Waals surface area contributed by atoms with Crippen LogP contribution in [-0.2, 0) is 19.1 Å². The summed E-state index contributed by atoms with van der Waals surface area (Å²) in [6.07, 6.45) is -0.690. The summed E-state index contributed by atoms with van der Waals surface area (Å²) < 4.78 is 5.49. The first-order valence-electron chi connectivity index (χ1n) is 11.8. The molecule has 190 valence electrons. The lowest BCUT2D eigenvalue weighted by atomic mass is 9.97. The van der Waals surface area contributed by atoms with Gasteiger partial charge in [0, 0.05) is 17.1 Å². The van der Waals surface area contributed by atoms with Gasteiger partial charge in [-0.25, -0.2) is 5.01 Å². The number of amides is 3. The highest BCUT2D eigenvalue weighted by atomic mass is 35.5. The fraction of sp³-hybridized carbons (Fsp3) is 0.222. The number of carbonyl (C=O) groups is 3. The molecule has 10 heteroatoms. The van der Waals surface area contributed by atoms with E-state index in [1.165, 1.54) is 5.01 Å². The molecular formula is C27H25ClN4O4S. The molecule has 0 bridgehead atoms. The van der Waals surface area contributed by atoms with Gasteiger partial charge in [0.15, 0.2) is 11.4 Å². The average Bonchev–Trinajstić information content (AvgIpc) is 3.19. The highest BCUT2D eigenvalue weighted by Gasteiger charge is 2.44. The first-order chi connectivity index (χ1) is 17.9. The van der Waals surface area contributed by atoms with E-state index in [4.69, 9.17) is 22.1 Å². The maximum absolute atomic E-state index is 13.6. The average molecular weight is 537 g/mol. The summed E-state index contributed by atoms with van der Waals surface area (Å²) in [6, 6.07) is 23.8. The van der Waals surface area contributed by atoms with Gasteiger partial charge in [0.05, 0.1) is 18.2 Å². The van der Waals surface area contributed by atoms with E-state index >= 15 is 0 Å². The van der Waals surface area contributed by atoms with E-state index in [2.05, 4.69) is 5.43 Å². The summed E-state index contributed by atoms with van der Waals surface area (Å²) >= 11 is 7.42. The van der Waals surface area contributed by atoms with Crippen molar-refractivity contribution in [1.82, 2.24) is 10.4 Å². The molecule has 3 N–H and O–H groups in total. The van der Waals surface area contributed by atoms with Gasteiger partial charge in [0.1, 0.15) is 6.04 Å². The smallest absolute Gasteiger partial charge is 0.265 e. The standard InChI is InChI=1S/C27H25ClN4O4S/c28-20-11-4-5-12-22(20)37-24-26(34)30-32(27(24)35)23(17-7-2-1-3-8-17)18-9-6-10-19(15-18)31-13-14-36-21(16-31)25(29)33/h1-12,15,21,23-24H,13-14,16H2,(H2,29,33)(H,30,34). The van der Waals surface area contributed by atoms with Crippen LogP contribution in [-0.4, -0.2) is 53.8 Å². The molecule has 2 saturated heterocycles. The maximum Gasteiger partial charge on any atom is 0.265 e. The summed E-state index contributed by atoms with van der Waals surface area (Å²) in [7, 11) is 0. The number of primary amides is 1. The molecule has 0 spiro atoms. The third-order valence-electron chi connectivity index (χ3n) is 6.32. The Hall–Kier alpha value is -3.53. The number of benzene rings is 3. The molecule has 0 saturated carbocycles. The quantitative estimate of drug-likeness (QED) is 0.449. The molecular weight excluding hydrogens is 512 g/mol. The molecule has 0 aromatic heterocycles. The lowest BCUT2D eigenvalue weighted by molar-refractivity contribution is -0.131. The Kier molecular flexibility index (Phi) is 7.36. The molecule has 0 radical (unpaired) electrons. The van der Waals surface area contributed by atoms with Gasteiger partial charge in [0.25, 0.3) is 11.8 Å². The number of nitrogens with one attached hydrogen (secondary N) is 1. The van der Waals surface area contributed by atoms with Crippen LogP contribution >= 0.6 is 23.4 Å². The molecule has 5 rings (SSSR count). The van der Waals surface area contributed by atoms with Crippen molar-refractivity contribution < 1.29 is 19.1 Å². The Labute approximate surface area is 223 Å². The number of hydrogen-bond acceptors (Lipinski definition) is 6. The van der Waals surface area contributed by atoms with E-state index in [0.717, 1.165) is 28.6 Å². The molecule has 3 amide bonds. The highest BCUT2D eigenvalue weighted by Crippen LogP contribution is 2.37. The number of hydrazine groups is 1. The van der Waals surface area contributed by atoms with Gasteiger partial charge in [-0.05, 0) is 35.4 Å². The third-order valence-corrected chi connectivity index (χ3v) is 8.02. The van der Waals surface area contributed by atoms with Crippen molar-refractivity contribution in [3.8, 4) is 0 Å². The molecule has 3 aromatic rings. The van der Waals surface area contributed by atoms with Gasteiger partial charge in [-0.15, -0.1) is 11.8 Å². The molecule has 3 aromatic carbocycles. The van der Waals surface area contributed by atoms with Gasteiger partial charge < -0.3 is 15.4 Å². The van der Waals surface area contributed by atoms with Crippen LogP contribution in [0.4, 0.5) is 5.69 Å². The predicted octanol–water partition coefficient (Wildman–Crippen LogP) is 3.15. The number of carbonyl (C=O) groups excluding carboxylic acids is 3. The minimum Gasteiger partial charge on any atom is -0.367 e. The summed E-state index contributed by atoms with van der Waals surface area (Å²) in [5.74, 6) is -1.26. The lowest BCUT2D eigenvalue weighted by Crippen LogP contribution is -2.48. The maximum atomic E-state index is 13.6. The van der Waals surface area contributed by atoms with E-state index in [1.54, 1.807) is 18.2 Å². The van der Waals surface area contributed by atoms with Crippen LogP contribution in [0.2, 0.25) is 5.02 Å². The van der Waals surface area contributed by atoms with Crippen molar-refractivity contribution in [3.05, 3.63) is 95.0 Å². The highest BCUT2D eigenvalue weighted by molar-refractivity contribution is 8.01. The summed E-state index contributed by atoms with van der Waals surface area (Å²) in [6.45, 7) is 1.31. The molecule has 2 aliphatic heterocycles. The van der Waals surface area contributed by atoms with Crippen molar-refractivity contribution >= 4 is 46.8 Å². The van der Waals surface area contributed by atoms with Crippen LogP contribution in [0.1, 0.15) is 17.2 Å². The Bertz CT molecular complexity index is 1320. The van der Waals surface area contributed by atoms with Crippen molar-refractivity contribution in [2.45, 2.75) is 22.3 Å². The van der Waals surface area contributed by atoms with E-state index < -0.39 is 29.2 Å². The van der Waals surface area contributed by atoms with E-state index in [0.29, 0.717) is 29.6 Å². The third kappa shape index (κ3) is 5.29. The van der Waals surface area contributed by atoms with E-state index in [-0.39, 0.29) is 5.91 Å². The van der Waals surface area contributed by atoms with Crippen LogP contribution in [0.15, 0.2) is 83.8 Å². The SMILES string of the molecule is NC(=O)C1CN(c2cccc(C(c3ccccc3)N3NC(=O)C(Sc4ccccc4Cl)C3=O)c2)CCO1. The van der Waals surface area contributed by atoms with Crippen LogP contribution < -0.4 is 16.1 Å². The van der Waals surface area contributed by atoms with Crippen molar-refractivity contribution in [1.29, 1.82) is 0 Å². The number of anilines is 1. The van der Waals surface area contributed by atoms with E-state index in [9.17, 15) is 14.4 Å². The monoisotopic (exact) mass is 536 g/mol. The van der Waals surface area contributed by atoms with Crippen molar-refractivity contribution in [2.24, 2.45) is 5.73 Å². The second-order valence-electron chi connectivity index (χ2n) is 8.73. The normalized spacial score (nSPS) is 20.6. The molecule has 2 aliphatic rings. The Balaban J connectivity index is 1.47. The summed E-state index contributed by atoms with van der Waals surface area (Å²) in [4.78, 5) is 41.0. The minimum absolute atomic E-state index is 0.338. The minimum atomic E-state index is -0.968. The Morgan fingerprint density at radius 2 is 1.76 bits per heavy atom. The number of rotatable bonds is 7. The lowest BCUT2D eigenvalue weighted by Gasteiger charge is -2.34. The first-order valence-corrected chi connectivity index (χ1v) is 13.0. The number of morpholine rings is 1. The number of nitrogens with zero attached hydrogens (tertiary/aromatic N) is 2. The first kappa shape index (κ1) is 25.1. The molecule has 2 fully saturated rings. The number of ether oxygens (including phenoxy) is 1. The van der Waals surface area contributed by atoms with Crippen LogP contribution in [0, 0.1) is 0 Å². The summed E-state index contributed by atoms with van der Waals surface area (Å²) in [5, 5.41) is 0.917. The molecule has 2 heterocycles. The van der Waals surface area contributed by atoms with Crippen LogP contribution in [0.25, 0.3) is 0 Å². The largest absolute Gasteiger partial charge is 0.367 e. The number of nitrogens with two attached hydrogens (primary N) is 1. The van der Waals surface area contributed by atoms with Crippen LogP contribution in [0.3, 0.4) is 0 Å². The van der Waals surface area contributed by atoms with E-state index in [1.807, 2.05) is 65.6 Å².